The Balaban J connectivity index is 2.24. The molecule has 0 unspecified atom stereocenters. The molecule has 0 aliphatic carbocycles. The zero-order chi connectivity index (χ0) is 13.1. The van der Waals surface area contributed by atoms with Crippen LogP contribution in [0.4, 0.5) is 5.69 Å². The molecule has 2 rings (SSSR count). The number of thiophene rings is 1. The zero-order valence-corrected chi connectivity index (χ0v) is 11.4. The van der Waals surface area contributed by atoms with Crippen molar-refractivity contribution in [2.45, 2.75) is 6.92 Å². The second-order valence-corrected chi connectivity index (χ2v) is 4.90. The Hall–Kier alpha value is -1.59. The number of amides is 1. The van der Waals surface area contributed by atoms with Gasteiger partial charge in [-0.1, -0.05) is 11.6 Å². The number of ether oxygens (including phenoxy) is 1. The lowest BCUT2D eigenvalue weighted by Gasteiger charge is -2.07. The molecule has 6 heteroatoms. The highest BCUT2D eigenvalue weighted by molar-refractivity contribution is 7.12. The summed E-state index contributed by atoms with van der Waals surface area (Å²) < 4.78 is 5.10. The quantitative estimate of drug-likeness (QED) is 0.878. The summed E-state index contributed by atoms with van der Waals surface area (Å²) in [6.07, 6.45) is 1.64. The van der Waals surface area contributed by atoms with Gasteiger partial charge in [-0.2, -0.15) is 0 Å². The summed E-state index contributed by atoms with van der Waals surface area (Å²) in [5.74, 6) is 0.297. The smallest absolute Gasteiger partial charge is 0.269 e. The van der Waals surface area contributed by atoms with Crippen LogP contribution in [0.15, 0.2) is 23.7 Å². The van der Waals surface area contributed by atoms with Gasteiger partial charge >= 0.3 is 0 Å². The number of rotatable bonds is 3. The van der Waals surface area contributed by atoms with E-state index >= 15 is 0 Å². The highest BCUT2D eigenvalue weighted by atomic mass is 35.5. The van der Waals surface area contributed by atoms with E-state index in [1.165, 1.54) is 18.4 Å². The van der Waals surface area contributed by atoms with Crippen molar-refractivity contribution in [1.82, 2.24) is 4.98 Å². The van der Waals surface area contributed by atoms with Gasteiger partial charge in [0.1, 0.15) is 10.6 Å². The minimum absolute atomic E-state index is 0.254. The molecule has 2 heterocycles. The van der Waals surface area contributed by atoms with E-state index in [4.69, 9.17) is 16.3 Å². The Morgan fingerprint density at radius 3 is 3.06 bits per heavy atom. The maximum absolute atomic E-state index is 12.1. The van der Waals surface area contributed by atoms with Gasteiger partial charge in [0.15, 0.2) is 5.15 Å². The molecule has 0 spiro atoms. The van der Waals surface area contributed by atoms with Crippen LogP contribution in [-0.4, -0.2) is 18.0 Å². The van der Waals surface area contributed by atoms with Crippen LogP contribution in [0.3, 0.4) is 0 Å². The lowest BCUT2D eigenvalue weighted by Crippen LogP contribution is -2.12. The Kier molecular flexibility index (Phi) is 3.84. The molecule has 0 radical (unpaired) electrons. The number of aromatic nitrogens is 1. The summed E-state index contributed by atoms with van der Waals surface area (Å²) in [7, 11) is 1.53. The van der Waals surface area contributed by atoms with Crippen LogP contribution in [-0.2, 0) is 0 Å². The largest absolute Gasteiger partial charge is 0.495 e. The maximum atomic E-state index is 12.1. The van der Waals surface area contributed by atoms with Crippen LogP contribution >= 0.6 is 22.9 Å². The topological polar surface area (TPSA) is 51.2 Å². The van der Waals surface area contributed by atoms with Gasteiger partial charge in [0.2, 0.25) is 0 Å². The second-order valence-electron chi connectivity index (χ2n) is 3.62. The van der Waals surface area contributed by atoms with Gasteiger partial charge in [0, 0.05) is 6.20 Å². The summed E-state index contributed by atoms with van der Waals surface area (Å²) in [5, 5.41) is 4.79. The molecule has 0 saturated heterocycles. The first-order valence-electron chi connectivity index (χ1n) is 5.17. The molecular weight excluding hydrogens is 272 g/mol. The molecule has 0 aromatic carbocycles. The summed E-state index contributed by atoms with van der Waals surface area (Å²) in [4.78, 5) is 16.5. The molecule has 0 saturated carbocycles. The molecule has 0 atom stereocenters. The Bertz CT molecular complexity index is 583. The van der Waals surface area contributed by atoms with Gasteiger partial charge in [-0.3, -0.25) is 4.79 Å². The van der Waals surface area contributed by atoms with E-state index in [1.54, 1.807) is 23.7 Å². The van der Waals surface area contributed by atoms with E-state index in [2.05, 4.69) is 10.3 Å². The molecule has 0 bridgehead atoms. The number of hydrogen-bond donors (Lipinski definition) is 1. The third-order valence-electron chi connectivity index (χ3n) is 2.28. The van der Waals surface area contributed by atoms with Gasteiger partial charge in [-0.15, -0.1) is 11.3 Å². The van der Waals surface area contributed by atoms with Crippen LogP contribution in [0.25, 0.3) is 0 Å². The molecule has 1 amide bonds. The number of halogens is 1. The van der Waals surface area contributed by atoms with Crippen LogP contribution in [0.1, 0.15) is 15.2 Å². The van der Waals surface area contributed by atoms with Crippen LogP contribution in [0, 0.1) is 6.92 Å². The van der Waals surface area contributed by atoms with Gasteiger partial charge < -0.3 is 10.1 Å². The molecule has 18 heavy (non-hydrogen) atoms. The third-order valence-corrected chi connectivity index (χ3v) is 3.47. The minimum atomic E-state index is -0.254. The monoisotopic (exact) mass is 282 g/mol. The first-order chi connectivity index (χ1) is 8.61. The fourth-order valence-electron chi connectivity index (χ4n) is 1.44. The maximum Gasteiger partial charge on any atom is 0.269 e. The van der Waals surface area contributed by atoms with Gasteiger partial charge in [-0.25, -0.2) is 4.98 Å². The molecule has 1 N–H and O–H groups in total. The van der Waals surface area contributed by atoms with Crippen LogP contribution in [0.2, 0.25) is 5.15 Å². The first-order valence-corrected chi connectivity index (χ1v) is 6.42. The van der Waals surface area contributed by atoms with E-state index in [-0.39, 0.29) is 11.1 Å². The first kappa shape index (κ1) is 12.9. The average Bonchev–Trinajstić information content (AvgIpc) is 2.82. The highest BCUT2D eigenvalue weighted by Gasteiger charge is 2.15. The fourth-order valence-corrected chi connectivity index (χ4v) is 2.35. The predicted molar refractivity (Wildman–Crippen MR) is 72.8 cm³/mol. The Morgan fingerprint density at radius 1 is 1.56 bits per heavy atom. The Morgan fingerprint density at radius 2 is 2.33 bits per heavy atom. The van der Waals surface area contributed by atoms with Crippen molar-refractivity contribution in [3.8, 4) is 5.75 Å². The standard InChI is InChI=1S/C12H11ClN2O2S/c1-7-5-8(11(13)14-6-7)15-12(16)10-9(17-2)3-4-18-10/h3-6H,1-2H3,(H,15,16). The summed E-state index contributed by atoms with van der Waals surface area (Å²) in [6.45, 7) is 1.88. The van der Waals surface area contributed by atoms with Crippen molar-refractivity contribution in [1.29, 1.82) is 0 Å². The second kappa shape index (κ2) is 5.37. The number of pyridine rings is 1. The SMILES string of the molecule is COc1ccsc1C(=O)Nc1cc(C)cnc1Cl. The van der Waals surface area contributed by atoms with E-state index in [0.717, 1.165) is 5.56 Å². The number of hydrogen-bond acceptors (Lipinski definition) is 4. The van der Waals surface area contributed by atoms with Crippen molar-refractivity contribution in [3.05, 3.63) is 39.3 Å². The number of nitrogens with zero attached hydrogens (tertiary/aromatic N) is 1. The molecule has 94 valence electrons. The molecule has 2 aromatic heterocycles. The van der Waals surface area contributed by atoms with Crippen molar-refractivity contribution < 1.29 is 9.53 Å². The van der Waals surface area contributed by atoms with E-state index < -0.39 is 0 Å². The zero-order valence-electron chi connectivity index (χ0n) is 9.86. The van der Waals surface area contributed by atoms with Crippen LogP contribution < -0.4 is 10.1 Å². The van der Waals surface area contributed by atoms with Crippen molar-refractivity contribution in [2.24, 2.45) is 0 Å². The molecule has 4 nitrogen and oxygen atoms in total. The van der Waals surface area contributed by atoms with Gasteiger partial charge in [-0.05, 0) is 30.0 Å². The number of aryl methyl sites for hydroxylation is 1. The number of nitrogens with one attached hydrogen (secondary N) is 1. The van der Waals surface area contributed by atoms with E-state index in [1.807, 2.05) is 6.92 Å². The lowest BCUT2D eigenvalue weighted by molar-refractivity contribution is 0.102. The number of methoxy groups -OCH3 is 1. The third kappa shape index (κ3) is 2.63. The molecule has 2 aromatic rings. The average molecular weight is 283 g/mol. The van der Waals surface area contributed by atoms with Gasteiger partial charge in [0.05, 0.1) is 12.8 Å². The predicted octanol–water partition coefficient (Wildman–Crippen LogP) is 3.37. The summed E-state index contributed by atoms with van der Waals surface area (Å²) in [6, 6.07) is 3.52. The molecule has 0 aliphatic heterocycles. The lowest BCUT2D eigenvalue weighted by atomic mass is 10.3. The van der Waals surface area contributed by atoms with Crippen LogP contribution in [0.5, 0.6) is 5.75 Å². The summed E-state index contributed by atoms with van der Waals surface area (Å²) in [5.41, 5.74) is 1.42. The molecular formula is C12H11ClN2O2S. The summed E-state index contributed by atoms with van der Waals surface area (Å²) >= 11 is 7.23. The van der Waals surface area contributed by atoms with Crippen molar-refractivity contribution >= 4 is 34.5 Å². The molecule has 0 fully saturated rings. The fraction of sp³-hybridized carbons (Fsp3) is 0.167. The normalized spacial score (nSPS) is 10.2. The Labute approximate surface area is 114 Å². The molecule has 0 aliphatic rings. The number of anilines is 1. The number of carbonyl (C=O) groups is 1. The highest BCUT2D eigenvalue weighted by Crippen LogP contribution is 2.27. The minimum Gasteiger partial charge on any atom is -0.495 e. The van der Waals surface area contributed by atoms with E-state index in [0.29, 0.717) is 16.3 Å². The van der Waals surface area contributed by atoms with Crippen molar-refractivity contribution in [3.63, 3.8) is 0 Å². The number of carbonyl (C=O) groups excluding carboxylic acids is 1. The van der Waals surface area contributed by atoms with Gasteiger partial charge in [0.25, 0.3) is 5.91 Å². The van der Waals surface area contributed by atoms with E-state index in [9.17, 15) is 4.79 Å². The van der Waals surface area contributed by atoms with Crippen molar-refractivity contribution in [2.75, 3.05) is 12.4 Å².